The van der Waals surface area contributed by atoms with E-state index in [4.69, 9.17) is 4.74 Å². The van der Waals surface area contributed by atoms with Crippen LogP contribution in [0.25, 0.3) is 0 Å². The molecule has 24 heavy (non-hydrogen) atoms. The van der Waals surface area contributed by atoms with E-state index in [0.29, 0.717) is 5.75 Å². The molecule has 3 rings (SSSR count). The third-order valence-corrected chi connectivity index (χ3v) is 3.99. The van der Waals surface area contributed by atoms with E-state index < -0.39 is 4.92 Å². The molecule has 0 atom stereocenters. The lowest BCUT2D eigenvalue weighted by molar-refractivity contribution is -0.384. The fourth-order valence-electron chi connectivity index (χ4n) is 2.83. The van der Waals surface area contributed by atoms with Crippen molar-refractivity contribution in [2.75, 3.05) is 30.4 Å². The topological polar surface area (TPSA) is 84.7 Å². The minimum absolute atomic E-state index is 0.153. The molecule has 2 aromatic rings. The molecule has 0 bridgehead atoms. The van der Waals surface area contributed by atoms with Crippen LogP contribution in [0.1, 0.15) is 5.56 Å². The summed E-state index contributed by atoms with van der Waals surface area (Å²) in [7, 11) is 1.43. The van der Waals surface area contributed by atoms with Crippen molar-refractivity contribution in [3.05, 3.63) is 58.1 Å². The summed E-state index contributed by atoms with van der Waals surface area (Å²) in [5.41, 5.74) is 2.22. The first-order valence-electron chi connectivity index (χ1n) is 7.53. The van der Waals surface area contributed by atoms with Gasteiger partial charge in [0.1, 0.15) is 11.4 Å². The van der Waals surface area contributed by atoms with Crippen LogP contribution in [-0.4, -0.2) is 31.0 Å². The number of nitrogens with zero attached hydrogens (tertiary/aromatic N) is 2. The first-order valence-corrected chi connectivity index (χ1v) is 7.53. The Morgan fingerprint density at radius 2 is 2.12 bits per heavy atom. The van der Waals surface area contributed by atoms with Crippen LogP contribution in [-0.2, 0) is 11.2 Å². The van der Waals surface area contributed by atoms with Crippen LogP contribution in [0.3, 0.4) is 0 Å². The predicted octanol–water partition coefficient (Wildman–Crippen LogP) is 2.60. The maximum absolute atomic E-state index is 12.3. The molecule has 0 fully saturated rings. The Bertz CT molecular complexity index is 791. The van der Waals surface area contributed by atoms with Crippen molar-refractivity contribution < 1.29 is 14.5 Å². The SMILES string of the molecule is COc1ccc(NC(=O)CN2CCc3ccccc32)c([N+](=O)[O-])c1. The number of nitro benzene ring substituents is 1. The van der Waals surface area contributed by atoms with Gasteiger partial charge in [-0.05, 0) is 30.2 Å². The molecule has 7 heteroatoms. The second kappa shape index (κ2) is 6.57. The summed E-state index contributed by atoms with van der Waals surface area (Å²) >= 11 is 0. The summed E-state index contributed by atoms with van der Waals surface area (Å²) in [5, 5.41) is 13.8. The number of hydrogen-bond donors (Lipinski definition) is 1. The van der Waals surface area contributed by atoms with Crippen LogP contribution in [0, 0.1) is 10.1 Å². The molecule has 1 amide bonds. The van der Waals surface area contributed by atoms with Crippen molar-refractivity contribution in [2.24, 2.45) is 0 Å². The third-order valence-electron chi connectivity index (χ3n) is 3.99. The van der Waals surface area contributed by atoms with E-state index in [0.717, 1.165) is 18.7 Å². The number of anilines is 2. The minimum Gasteiger partial charge on any atom is -0.496 e. The van der Waals surface area contributed by atoms with Gasteiger partial charge in [0.05, 0.1) is 24.6 Å². The summed E-state index contributed by atoms with van der Waals surface area (Å²) < 4.78 is 4.99. The number of para-hydroxylation sites is 1. The minimum atomic E-state index is -0.538. The molecule has 0 unspecified atom stereocenters. The molecule has 124 valence electrons. The number of carbonyl (C=O) groups excluding carboxylic acids is 1. The van der Waals surface area contributed by atoms with Crippen LogP contribution in [0.15, 0.2) is 42.5 Å². The van der Waals surface area contributed by atoms with Crippen LogP contribution in [0.5, 0.6) is 5.75 Å². The third kappa shape index (κ3) is 3.15. The molecule has 0 aromatic heterocycles. The van der Waals surface area contributed by atoms with Crippen molar-refractivity contribution in [2.45, 2.75) is 6.42 Å². The highest BCUT2D eigenvalue weighted by molar-refractivity contribution is 5.96. The van der Waals surface area contributed by atoms with Gasteiger partial charge in [0, 0.05) is 12.2 Å². The number of benzene rings is 2. The lowest BCUT2D eigenvalue weighted by atomic mass is 10.2. The molecule has 1 aliphatic heterocycles. The molecule has 0 saturated carbocycles. The average molecular weight is 327 g/mol. The Balaban J connectivity index is 1.73. The van der Waals surface area contributed by atoms with E-state index in [9.17, 15) is 14.9 Å². The van der Waals surface area contributed by atoms with Crippen molar-refractivity contribution >= 4 is 23.0 Å². The van der Waals surface area contributed by atoms with Gasteiger partial charge in [0.2, 0.25) is 5.91 Å². The Hall–Kier alpha value is -3.09. The normalized spacial score (nSPS) is 12.6. The van der Waals surface area contributed by atoms with E-state index in [1.807, 2.05) is 29.2 Å². The second-order valence-corrected chi connectivity index (χ2v) is 5.49. The van der Waals surface area contributed by atoms with Crippen LogP contribution in [0.4, 0.5) is 17.1 Å². The Kier molecular flexibility index (Phi) is 4.33. The molecule has 1 aliphatic rings. The van der Waals surface area contributed by atoms with Crippen LogP contribution in [0.2, 0.25) is 0 Å². The van der Waals surface area contributed by atoms with E-state index in [-0.39, 0.29) is 23.8 Å². The van der Waals surface area contributed by atoms with Crippen LogP contribution >= 0.6 is 0 Å². The molecule has 2 aromatic carbocycles. The van der Waals surface area contributed by atoms with Crippen molar-refractivity contribution in [1.29, 1.82) is 0 Å². The molecule has 0 aliphatic carbocycles. The molecule has 0 saturated heterocycles. The molecular weight excluding hydrogens is 310 g/mol. The van der Waals surface area contributed by atoms with Gasteiger partial charge >= 0.3 is 0 Å². The highest BCUT2D eigenvalue weighted by Gasteiger charge is 2.22. The number of nitrogens with one attached hydrogen (secondary N) is 1. The summed E-state index contributed by atoms with van der Waals surface area (Å²) in [6.07, 6.45) is 0.895. The quantitative estimate of drug-likeness (QED) is 0.674. The Morgan fingerprint density at radius 1 is 1.33 bits per heavy atom. The van der Waals surface area contributed by atoms with Gasteiger partial charge in [-0.25, -0.2) is 0 Å². The van der Waals surface area contributed by atoms with E-state index in [2.05, 4.69) is 5.32 Å². The van der Waals surface area contributed by atoms with Crippen molar-refractivity contribution in [1.82, 2.24) is 0 Å². The van der Waals surface area contributed by atoms with E-state index in [1.54, 1.807) is 6.07 Å². The summed E-state index contributed by atoms with van der Waals surface area (Å²) in [6.45, 7) is 0.914. The maximum Gasteiger partial charge on any atom is 0.296 e. The van der Waals surface area contributed by atoms with Crippen molar-refractivity contribution in [3.8, 4) is 5.75 Å². The van der Waals surface area contributed by atoms with Gasteiger partial charge in [-0.1, -0.05) is 18.2 Å². The molecule has 0 spiro atoms. The summed E-state index contributed by atoms with van der Waals surface area (Å²) in [6, 6.07) is 12.3. The number of ether oxygens (including phenoxy) is 1. The predicted molar refractivity (Wildman–Crippen MR) is 90.6 cm³/mol. The number of methoxy groups -OCH3 is 1. The zero-order chi connectivity index (χ0) is 17.1. The Labute approximate surface area is 139 Å². The fraction of sp³-hybridized carbons (Fsp3) is 0.235. The second-order valence-electron chi connectivity index (χ2n) is 5.49. The van der Waals surface area contributed by atoms with E-state index in [1.165, 1.54) is 24.8 Å². The Morgan fingerprint density at radius 3 is 2.88 bits per heavy atom. The highest BCUT2D eigenvalue weighted by Crippen LogP contribution is 2.30. The van der Waals surface area contributed by atoms with Gasteiger partial charge in [-0.2, -0.15) is 0 Å². The number of carbonyl (C=O) groups is 1. The number of nitro groups is 1. The largest absolute Gasteiger partial charge is 0.496 e. The zero-order valence-corrected chi connectivity index (χ0v) is 13.2. The molecule has 7 nitrogen and oxygen atoms in total. The van der Waals surface area contributed by atoms with Gasteiger partial charge < -0.3 is 15.0 Å². The van der Waals surface area contributed by atoms with Crippen LogP contribution < -0.4 is 15.0 Å². The molecular formula is C17H17N3O4. The van der Waals surface area contributed by atoms with E-state index >= 15 is 0 Å². The van der Waals surface area contributed by atoms with Gasteiger partial charge in [-0.3, -0.25) is 14.9 Å². The lowest BCUT2D eigenvalue weighted by Crippen LogP contribution is -2.32. The van der Waals surface area contributed by atoms with Gasteiger partial charge in [0.25, 0.3) is 5.69 Å². The first-order chi connectivity index (χ1) is 11.6. The number of fused-ring (bicyclic) bond motifs is 1. The fourth-order valence-corrected chi connectivity index (χ4v) is 2.83. The zero-order valence-electron chi connectivity index (χ0n) is 13.2. The highest BCUT2D eigenvalue weighted by atomic mass is 16.6. The number of rotatable bonds is 5. The monoisotopic (exact) mass is 327 g/mol. The molecule has 0 radical (unpaired) electrons. The lowest BCUT2D eigenvalue weighted by Gasteiger charge is -2.18. The summed E-state index contributed by atoms with van der Waals surface area (Å²) in [4.78, 5) is 24.9. The number of amides is 1. The maximum atomic E-state index is 12.3. The standard InChI is InChI=1S/C17H17N3O4/c1-24-13-6-7-14(16(10-13)20(22)23)18-17(21)11-19-9-8-12-4-2-3-5-15(12)19/h2-7,10H,8-9,11H2,1H3,(H,18,21). The van der Waals surface area contributed by atoms with Gasteiger partial charge in [0.15, 0.2) is 0 Å². The molecule has 1 heterocycles. The number of hydrogen-bond acceptors (Lipinski definition) is 5. The van der Waals surface area contributed by atoms with Gasteiger partial charge in [-0.15, -0.1) is 0 Å². The summed E-state index contributed by atoms with van der Waals surface area (Å²) in [5.74, 6) is 0.0770. The molecule has 1 N–H and O–H groups in total. The average Bonchev–Trinajstić information content (AvgIpc) is 2.98. The van der Waals surface area contributed by atoms with Crippen molar-refractivity contribution in [3.63, 3.8) is 0 Å². The smallest absolute Gasteiger partial charge is 0.296 e. The first kappa shape index (κ1) is 15.8.